The number of aliphatic carboxylic acids is 1. The van der Waals surface area contributed by atoms with E-state index in [1.807, 2.05) is 13.0 Å². The van der Waals surface area contributed by atoms with Gasteiger partial charge >= 0.3 is 5.97 Å². The van der Waals surface area contributed by atoms with Gasteiger partial charge in [-0.05, 0) is 31.4 Å². The SMILES string of the molecule is CCc1cccnc1CNC(C)CCC(=O)O. The minimum absolute atomic E-state index is 0.192. The summed E-state index contributed by atoms with van der Waals surface area (Å²) in [5.74, 6) is -0.745. The first kappa shape index (κ1) is 13.6. The number of nitrogens with one attached hydrogen (secondary N) is 1. The fraction of sp³-hybridized carbons (Fsp3) is 0.538. The van der Waals surface area contributed by atoms with Gasteiger partial charge in [-0.3, -0.25) is 9.78 Å². The van der Waals surface area contributed by atoms with Gasteiger partial charge in [0.2, 0.25) is 0 Å². The molecule has 0 aliphatic carbocycles. The Balaban J connectivity index is 2.41. The van der Waals surface area contributed by atoms with Gasteiger partial charge in [0.25, 0.3) is 0 Å². The first-order chi connectivity index (χ1) is 8.13. The van der Waals surface area contributed by atoms with Crippen LogP contribution >= 0.6 is 0 Å². The lowest BCUT2D eigenvalue weighted by Gasteiger charge is -2.13. The van der Waals surface area contributed by atoms with Crippen molar-refractivity contribution in [2.24, 2.45) is 0 Å². The number of aromatic nitrogens is 1. The molecule has 0 aromatic carbocycles. The molecule has 2 N–H and O–H groups in total. The summed E-state index contributed by atoms with van der Waals surface area (Å²) < 4.78 is 0. The first-order valence-corrected chi connectivity index (χ1v) is 6.01. The molecule has 0 spiro atoms. The second-order valence-electron chi connectivity index (χ2n) is 4.18. The highest BCUT2D eigenvalue weighted by Crippen LogP contribution is 2.06. The van der Waals surface area contributed by atoms with Crippen molar-refractivity contribution in [2.75, 3.05) is 0 Å². The number of aryl methyl sites for hydroxylation is 1. The smallest absolute Gasteiger partial charge is 0.303 e. The zero-order valence-corrected chi connectivity index (χ0v) is 10.4. The minimum Gasteiger partial charge on any atom is -0.481 e. The van der Waals surface area contributed by atoms with E-state index in [0.29, 0.717) is 13.0 Å². The Kier molecular flexibility index (Phi) is 5.63. The number of carbonyl (C=O) groups is 1. The van der Waals surface area contributed by atoms with E-state index in [4.69, 9.17) is 5.11 Å². The van der Waals surface area contributed by atoms with Gasteiger partial charge in [0.15, 0.2) is 0 Å². The molecule has 4 heteroatoms. The minimum atomic E-state index is -0.745. The largest absolute Gasteiger partial charge is 0.481 e. The van der Waals surface area contributed by atoms with E-state index in [1.165, 1.54) is 5.56 Å². The van der Waals surface area contributed by atoms with Crippen LogP contribution in [0.25, 0.3) is 0 Å². The molecule has 0 saturated heterocycles. The first-order valence-electron chi connectivity index (χ1n) is 6.01. The summed E-state index contributed by atoms with van der Waals surface area (Å²) in [6, 6.07) is 4.21. The van der Waals surface area contributed by atoms with Crippen molar-refractivity contribution in [3.63, 3.8) is 0 Å². The third-order valence-corrected chi connectivity index (χ3v) is 2.77. The predicted molar refractivity (Wildman–Crippen MR) is 66.8 cm³/mol. The molecule has 0 radical (unpaired) electrons. The highest BCUT2D eigenvalue weighted by molar-refractivity contribution is 5.66. The predicted octanol–water partition coefficient (Wildman–Crippen LogP) is 1.99. The molecule has 1 aromatic rings. The summed E-state index contributed by atoms with van der Waals surface area (Å²) >= 11 is 0. The molecule has 0 aliphatic rings. The number of carboxylic acids is 1. The average molecular weight is 236 g/mol. The molecule has 0 aliphatic heterocycles. The number of carboxylic acid groups (broad SMARTS) is 1. The van der Waals surface area contributed by atoms with Crippen LogP contribution in [0.5, 0.6) is 0 Å². The molecule has 4 nitrogen and oxygen atoms in total. The van der Waals surface area contributed by atoms with Gasteiger partial charge in [0, 0.05) is 25.2 Å². The molecule has 1 aromatic heterocycles. The van der Waals surface area contributed by atoms with Gasteiger partial charge in [-0.2, -0.15) is 0 Å². The van der Waals surface area contributed by atoms with E-state index >= 15 is 0 Å². The molecule has 1 atom stereocenters. The molecule has 0 fully saturated rings. The van der Waals surface area contributed by atoms with E-state index in [-0.39, 0.29) is 12.5 Å². The van der Waals surface area contributed by atoms with Gasteiger partial charge in [0.1, 0.15) is 0 Å². The normalized spacial score (nSPS) is 12.4. The molecule has 1 heterocycles. The Bertz CT molecular complexity index is 366. The number of hydrogen-bond donors (Lipinski definition) is 2. The van der Waals surface area contributed by atoms with Crippen LogP contribution in [-0.2, 0) is 17.8 Å². The average Bonchev–Trinajstić information content (AvgIpc) is 2.34. The van der Waals surface area contributed by atoms with Crippen molar-refractivity contribution in [1.82, 2.24) is 10.3 Å². The molecular weight excluding hydrogens is 216 g/mol. The van der Waals surface area contributed by atoms with E-state index in [0.717, 1.165) is 12.1 Å². The fourth-order valence-electron chi connectivity index (χ4n) is 1.67. The second kappa shape index (κ2) is 7.01. The highest BCUT2D eigenvalue weighted by atomic mass is 16.4. The van der Waals surface area contributed by atoms with Crippen LogP contribution in [0, 0.1) is 0 Å². The van der Waals surface area contributed by atoms with Crippen molar-refractivity contribution < 1.29 is 9.90 Å². The van der Waals surface area contributed by atoms with Crippen LogP contribution in [0.2, 0.25) is 0 Å². The monoisotopic (exact) mass is 236 g/mol. The Hall–Kier alpha value is -1.42. The van der Waals surface area contributed by atoms with Crippen LogP contribution < -0.4 is 5.32 Å². The summed E-state index contributed by atoms with van der Waals surface area (Å²) in [5.41, 5.74) is 2.29. The zero-order valence-electron chi connectivity index (χ0n) is 10.4. The summed E-state index contributed by atoms with van der Waals surface area (Å²) in [5, 5.41) is 11.9. The number of pyridine rings is 1. The van der Waals surface area contributed by atoms with Crippen molar-refractivity contribution in [1.29, 1.82) is 0 Å². The number of nitrogens with zero attached hydrogens (tertiary/aromatic N) is 1. The van der Waals surface area contributed by atoms with Crippen LogP contribution in [0.4, 0.5) is 0 Å². The van der Waals surface area contributed by atoms with Crippen LogP contribution in [0.3, 0.4) is 0 Å². The molecule has 17 heavy (non-hydrogen) atoms. The zero-order chi connectivity index (χ0) is 12.7. The van der Waals surface area contributed by atoms with E-state index in [2.05, 4.69) is 23.3 Å². The third-order valence-electron chi connectivity index (χ3n) is 2.77. The van der Waals surface area contributed by atoms with Gasteiger partial charge in [-0.15, -0.1) is 0 Å². The van der Waals surface area contributed by atoms with Gasteiger partial charge in [-0.25, -0.2) is 0 Å². The maximum Gasteiger partial charge on any atom is 0.303 e. The molecule has 1 rings (SSSR count). The lowest BCUT2D eigenvalue weighted by atomic mass is 10.1. The highest BCUT2D eigenvalue weighted by Gasteiger charge is 2.06. The number of hydrogen-bond acceptors (Lipinski definition) is 3. The lowest BCUT2D eigenvalue weighted by Crippen LogP contribution is -2.27. The number of rotatable bonds is 7. The third kappa shape index (κ3) is 4.95. The summed E-state index contributed by atoms with van der Waals surface area (Å²) in [4.78, 5) is 14.8. The van der Waals surface area contributed by atoms with Crippen LogP contribution in [0.1, 0.15) is 37.9 Å². The second-order valence-corrected chi connectivity index (χ2v) is 4.18. The summed E-state index contributed by atoms with van der Waals surface area (Å²) in [6.07, 6.45) is 3.60. The Morgan fingerprint density at radius 1 is 1.59 bits per heavy atom. The molecular formula is C13H20N2O2. The van der Waals surface area contributed by atoms with Gasteiger partial charge in [0.05, 0.1) is 5.69 Å². The molecule has 1 unspecified atom stereocenters. The summed E-state index contributed by atoms with van der Waals surface area (Å²) in [6.45, 7) is 4.80. The summed E-state index contributed by atoms with van der Waals surface area (Å²) in [7, 11) is 0. The quantitative estimate of drug-likeness (QED) is 0.760. The van der Waals surface area contributed by atoms with E-state index in [1.54, 1.807) is 6.20 Å². The molecule has 0 bridgehead atoms. The lowest BCUT2D eigenvalue weighted by molar-refractivity contribution is -0.137. The van der Waals surface area contributed by atoms with Crippen molar-refractivity contribution >= 4 is 5.97 Å². The van der Waals surface area contributed by atoms with Crippen molar-refractivity contribution in [3.8, 4) is 0 Å². The fourth-order valence-corrected chi connectivity index (χ4v) is 1.67. The van der Waals surface area contributed by atoms with Gasteiger partial charge < -0.3 is 10.4 Å². The topological polar surface area (TPSA) is 62.2 Å². The standard InChI is InChI=1S/C13H20N2O2/c1-3-11-5-4-8-14-12(11)9-15-10(2)6-7-13(16)17/h4-5,8,10,15H,3,6-7,9H2,1-2H3,(H,16,17). The Morgan fingerprint density at radius 2 is 2.35 bits per heavy atom. The van der Waals surface area contributed by atoms with Crippen LogP contribution in [-0.4, -0.2) is 22.1 Å². The van der Waals surface area contributed by atoms with Gasteiger partial charge in [-0.1, -0.05) is 13.0 Å². The van der Waals surface area contributed by atoms with Crippen LogP contribution in [0.15, 0.2) is 18.3 Å². The van der Waals surface area contributed by atoms with E-state index < -0.39 is 5.97 Å². The molecule has 0 saturated carbocycles. The van der Waals surface area contributed by atoms with Crippen molar-refractivity contribution in [2.45, 2.75) is 45.7 Å². The maximum absolute atomic E-state index is 10.4. The Morgan fingerprint density at radius 3 is 3.00 bits per heavy atom. The van der Waals surface area contributed by atoms with Crippen molar-refractivity contribution in [3.05, 3.63) is 29.6 Å². The van der Waals surface area contributed by atoms with E-state index in [9.17, 15) is 4.79 Å². The molecule has 0 amide bonds. The Labute approximate surface area is 102 Å². The maximum atomic E-state index is 10.4. The molecule has 94 valence electrons.